The topological polar surface area (TPSA) is 70.6 Å². The lowest BCUT2D eigenvalue weighted by molar-refractivity contribution is 0.544. The second-order valence-electron chi connectivity index (χ2n) is 6.04. The summed E-state index contributed by atoms with van der Waals surface area (Å²) in [4.78, 5) is 4.52. The molecule has 0 fully saturated rings. The van der Waals surface area contributed by atoms with Crippen LogP contribution in [0.15, 0.2) is 4.99 Å². The van der Waals surface area contributed by atoms with Crippen molar-refractivity contribution >= 4 is 27.6 Å². The van der Waals surface area contributed by atoms with E-state index in [1.165, 1.54) is 6.26 Å². The van der Waals surface area contributed by atoms with Gasteiger partial charge in [-0.25, -0.2) is 8.42 Å². The van der Waals surface area contributed by atoms with E-state index in [1.54, 1.807) is 25.6 Å². The first kappa shape index (κ1) is 19.6. The Hall–Kier alpha value is -0.430. The Balaban J connectivity index is 4.77. The lowest BCUT2D eigenvalue weighted by atomic mass is 10.2. The zero-order chi connectivity index (χ0) is 16.0. The summed E-state index contributed by atoms with van der Waals surface area (Å²) in [5.41, 5.74) is 0. The number of rotatable bonds is 7. The number of nitrogens with one attached hydrogen (secondary N) is 2. The van der Waals surface area contributed by atoms with Crippen LogP contribution in [0.3, 0.4) is 0 Å². The monoisotopic (exact) mass is 323 g/mol. The third-order valence-electron chi connectivity index (χ3n) is 3.20. The van der Waals surface area contributed by atoms with Crippen LogP contribution in [0.1, 0.15) is 34.6 Å². The average molecular weight is 324 g/mol. The molecule has 120 valence electrons. The molecule has 7 heteroatoms. The SMILES string of the molecule is CCNC(=NCC(C)(C)SC)NCC(C)(C)S(C)(=O)=O. The molecule has 0 heterocycles. The number of hydrogen-bond acceptors (Lipinski definition) is 4. The van der Waals surface area contributed by atoms with Crippen LogP contribution in [0.25, 0.3) is 0 Å². The highest BCUT2D eigenvalue weighted by Gasteiger charge is 2.30. The number of aliphatic imine (C=N–C) groups is 1. The Bertz CT molecular complexity index is 429. The van der Waals surface area contributed by atoms with Gasteiger partial charge < -0.3 is 10.6 Å². The number of nitrogens with zero attached hydrogens (tertiary/aromatic N) is 1. The van der Waals surface area contributed by atoms with Gasteiger partial charge in [0, 0.05) is 24.1 Å². The van der Waals surface area contributed by atoms with Crippen molar-refractivity contribution in [3.63, 3.8) is 0 Å². The maximum absolute atomic E-state index is 11.7. The molecular weight excluding hydrogens is 294 g/mol. The second kappa shape index (κ2) is 7.54. The molecule has 0 aliphatic rings. The summed E-state index contributed by atoms with van der Waals surface area (Å²) in [6.45, 7) is 11.4. The van der Waals surface area contributed by atoms with Crippen LogP contribution in [-0.2, 0) is 9.84 Å². The normalized spacial score (nSPS) is 14.2. The molecule has 0 aliphatic heterocycles. The summed E-state index contributed by atoms with van der Waals surface area (Å²) in [6.07, 6.45) is 3.32. The Kier molecular flexibility index (Phi) is 7.38. The molecule has 0 aromatic carbocycles. The van der Waals surface area contributed by atoms with E-state index >= 15 is 0 Å². The Morgan fingerprint density at radius 1 is 1.20 bits per heavy atom. The van der Waals surface area contributed by atoms with Gasteiger partial charge in [-0.2, -0.15) is 11.8 Å². The van der Waals surface area contributed by atoms with Crippen molar-refractivity contribution in [3.05, 3.63) is 0 Å². The molecule has 2 N–H and O–H groups in total. The van der Waals surface area contributed by atoms with E-state index in [-0.39, 0.29) is 4.75 Å². The highest BCUT2D eigenvalue weighted by atomic mass is 32.2. The number of hydrogen-bond donors (Lipinski definition) is 2. The van der Waals surface area contributed by atoms with Crippen molar-refractivity contribution in [2.45, 2.75) is 44.1 Å². The Morgan fingerprint density at radius 2 is 1.75 bits per heavy atom. The molecule has 5 nitrogen and oxygen atoms in total. The summed E-state index contributed by atoms with van der Waals surface area (Å²) in [5.74, 6) is 0.659. The molecule has 0 radical (unpaired) electrons. The summed E-state index contributed by atoms with van der Waals surface area (Å²) >= 11 is 1.76. The van der Waals surface area contributed by atoms with Crippen LogP contribution >= 0.6 is 11.8 Å². The van der Waals surface area contributed by atoms with E-state index < -0.39 is 14.6 Å². The maximum atomic E-state index is 11.7. The van der Waals surface area contributed by atoms with Crippen molar-refractivity contribution in [2.24, 2.45) is 4.99 Å². The van der Waals surface area contributed by atoms with Gasteiger partial charge in [0.15, 0.2) is 15.8 Å². The molecule has 0 saturated carbocycles. The second-order valence-corrected chi connectivity index (χ2v) is 10.2. The predicted octanol–water partition coefficient (Wildman–Crippen LogP) is 1.51. The molecule has 0 saturated heterocycles. The van der Waals surface area contributed by atoms with Crippen LogP contribution < -0.4 is 10.6 Å². The van der Waals surface area contributed by atoms with Crippen LogP contribution in [0, 0.1) is 0 Å². The Labute approximate surface area is 128 Å². The van der Waals surface area contributed by atoms with Crippen molar-refractivity contribution in [1.82, 2.24) is 10.6 Å². The smallest absolute Gasteiger partial charge is 0.191 e. The van der Waals surface area contributed by atoms with Crippen LogP contribution in [-0.4, -0.2) is 56.0 Å². The molecule has 0 aliphatic carbocycles. The molecule has 0 rings (SSSR count). The van der Waals surface area contributed by atoms with E-state index in [2.05, 4.69) is 35.7 Å². The van der Waals surface area contributed by atoms with E-state index in [9.17, 15) is 8.42 Å². The first-order chi connectivity index (χ1) is 8.95. The minimum atomic E-state index is -3.11. The van der Waals surface area contributed by atoms with Gasteiger partial charge >= 0.3 is 0 Å². The van der Waals surface area contributed by atoms with Crippen molar-refractivity contribution in [3.8, 4) is 0 Å². The van der Waals surface area contributed by atoms with Gasteiger partial charge in [-0.1, -0.05) is 0 Å². The van der Waals surface area contributed by atoms with E-state index in [1.807, 2.05) is 6.92 Å². The molecule has 0 spiro atoms. The van der Waals surface area contributed by atoms with Gasteiger partial charge in [-0.3, -0.25) is 4.99 Å². The van der Waals surface area contributed by atoms with Gasteiger partial charge in [0.05, 0.1) is 11.3 Å². The minimum absolute atomic E-state index is 0.0642. The molecule has 20 heavy (non-hydrogen) atoms. The number of guanidine groups is 1. The predicted molar refractivity (Wildman–Crippen MR) is 90.5 cm³/mol. The first-order valence-corrected chi connectivity index (χ1v) is 9.84. The first-order valence-electron chi connectivity index (χ1n) is 6.72. The Morgan fingerprint density at radius 3 is 2.15 bits per heavy atom. The third-order valence-corrected chi connectivity index (χ3v) is 6.59. The molecule has 0 bridgehead atoms. The van der Waals surface area contributed by atoms with Gasteiger partial charge in [-0.15, -0.1) is 0 Å². The largest absolute Gasteiger partial charge is 0.357 e. The molecule has 0 aromatic heterocycles. The standard InChI is InChI=1S/C13H29N3O2S2/c1-8-14-11(15-9-12(2,3)19-6)16-10-13(4,5)20(7,17)18/h8-10H2,1-7H3,(H2,14,15,16). The molecule has 0 atom stereocenters. The molecule has 0 unspecified atom stereocenters. The van der Waals surface area contributed by atoms with Gasteiger partial charge in [-0.05, 0) is 40.9 Å². The van der Waals surface area contributed by atoms with E-state index in [0.717, 1.165) is 6.54 Å². The fraction of sp³-hybridized carbons (Fsp3) is 0.923. The lowest BCUT2D eigenvalue weighted by Gasteiger charge is -2.25. The number of thioether (sulfide) groups is 1. The maximum Gasteiger partial charge on any atom is 0.191 e. The fourth-order valence-electron chi connectivity index (χ4n) is 1.10. The summed E-state index contributed by atoms with van der Waals surface area (Å²) in [5, 5.41) is 6.25. The van der Waals surface area contributed by atoms with E-state index in [0.29, 0.717) is 19.0 Å². The summed E-state index contributed by atoms with van der Waals surface area (Å²) < 4.78 is 22.6. The summed E-state index contributed by atoms with van der Waals surface area (Å²) in [7, 11) is -3.11. The van der Waals surface area contributed by atoms with Crippen LogP contribution in [0.2, 0.25) is 0 Å². The molecular formula is C13H29N3O2S2. The van der Waals surface area contributed by atoms with Crippen LogP contribution in [0.4, 0.5) is 0 Å². The zero-order valence-corrected chi connectivity index (χ0v) is 15.3. The third kappa shape index (κ3) is 6.83. The van der Waals surface area contributed by atoms with Crippen molar-refractivity contribution in [1.29, 1.82) is 0 Å². The zero-order valence-electron chi connectivity index (χ0n) is 13.7. The van der Waals surface area contributed by atoms with Gasteiger partial charge in [0.1, 0.15) is 0 Å². The minimum Gasteiger partial charge on any atom is -0.357 e. The molecule has 0 amide bonds. The van der Waals surface area contributed by atoms with Gasteiger partial charge in [0.2, 0.25) is 0 Å². The van der Waals surface area contributed by atoms with E-state index in [4.69, 9.17) is 0 Å². The summed E-state index contributed by atoms with van der Waals surface area (Å²) in [6, 6.07) is 0. The van der Waals surface area contributed by atoms with Crippen molar-refractivity contribution in [2.75, 3.05) is 32.1 Å². The quantitative estimate of drug-likeness (QED) is 0.549. The van der Waals surface area contributed by atoms with Crippen molar-refractivity contribution < 1.29 is 8.42 Å². The fourth-order valence-corrected chi connectivity index (χ4v) is 1.63. The average Bonchev–Trinajstić information content (AvgIpc) is 2.31. The number of sulfone groups is 1. The van der Waals surface area contributed by atoms with Gasteiger partial charge in [0.25, 0.3) is 0 Å². The lowest BCUT2D eigenvalue weighted by Crippen LogP contribution is -2.48. The van der Waals surface area contributed by atoms with Crippen LogP contribution in [0.5, 0.6) is 0 Å². The highest BCUT2D eigenvalue weighted by molar-refractivity contribution is 7.99. The highest BCUT2D eigenvalue weighted by Crippen LogP contribution is 2.21. The molecule has 0 aromatic rings.